The molecular weight excluding hydrogens is 144 g/mol. The summed E-state index contributed by atoms with van der Waals surface area (Å²) in [5, 5.41) is 12.8. The van der Waals surface area contributed by atoms with Crippen LogP contribution in [-0.4, -0.2) is 29.7 Å². The molecule has 1 aromatic heterocycles. The summed E-state index contributed by atoms with van der Waals surface area (Å²) in [5.41, 5.74) is 0. The van der Waals surface area contributed by atoms with Gasteiger partial charge in [-0.15, -0.1) is 0 Å². The van der Waals surface area contributed by atoms with E-state index in [4.69, 9.17) is 4.74 Å². The summed E-state index contributed by atoms with van der Waals surface area (Å²) in [7, 11) is 0. The second-order valence-electron chi connectivity index (χ2n) is 2.32. The Hall–Kier alpha value is -1.07. The first-order valence-corrected chi connectivity index (χ1v) is 3.56. The van der Waals surface area contributed by atoms with Gasteiger partial charge in [0, 0.05) is 12.6 Å². The van der Waals surface area contributed by atoms with Crippen LogP contribution < -0.4 is 10.6 Å². The molecule has 5 nitrogen and oxygen atoms in total. The van der Waals surface area contributed by atoms with Crippen LogP contribution in [0.15, 0.2) is 12.3 Å². The standard InChI is InChI=1S/C6H10N4O/c1-2-8-10-5(1)9-6-7-3-4-11-6/h1-2,6-7H,3-4H2,(H2,8,9,10). The Bertz CT molecular complexity index is 204. The van der Waals surface area contributed by atoms with E-state index < -0.39 is 0 Å². The second kappa shape index (κ2) is 2.89. The van der Waals surface area contributed by atoms with Gasteiger partial charge in [-0.3, -0.25) is 10.4 Å². The van der Waals surface area contributed by atoms with Crippen molar-refractivity contribution >= 4 is 5.82 Å². The third kappa shape index (κ3) is 1.50. The molecule has 2 heterocycles. The summed E-state index contributed by atoms with van der Waals surface area (Å²) < 4.78 is 5.26. The van der Waals surface area contributed by atoms with Crippen molar-refractivity contribution in [3.05, 3.63) is 12.3 Å². The van der Waals surface area contributed by atoms with Gasteiger partial charge in [-0.1, -0.05) is 0 Å². The largest absolute Gasteiger partial charge is 0.344 e. The lowest BCUT2D eigenvalue weighted by Gasteiger charge is -2.10. The van der Waals surface area contributed by atoms with E-state index in [1.165, 1.54) is 0 Å². The summed E-state index contributed by atoms with van der Waals surface area (Å²) in [6, 6.07) is 1.85. The molecule has 5 heteroatoms. The first-order valence-electron chi connectivity index (χ1n) is 3.56. The second-order valence-corrected chi connectivity index (χ2v) is 2.32. The number of anilines is 1. The fourth-order valence-electron chi connectivity index (χ4n) is 0.996. The van der Waals surface area contributed by atoms with Crippen molar-refractivity contribution in [3.8, 4) is 0 Å². The molecule has 1 fully saturated rings. The van der Waals surface area contributed by atoms with Crippen LogP contribution in [0.25, 0.3) is 0 Å². The van der Waals surface area contributed by atoms with Crippen molar-refractivity contribution < 1.29 is 4.74 Å². The maximum Gasteiger partial charge on any atom is 0.185 e. The Kier molecular flexibility index (Phi) is 1.74. The monoisotopic (exact) mass is 154 g/mol. The molecule has 0 aromatic carbocycles. The van der Waals surface area contributed by atoms with Crippen LogP contribution in [0.2, 0.25) is 0 Å². The minimum Gasteiger partial charge on any atom is -0.344 e. The van der Waals surface area contributed by atoms with Crippen LogP contribution >= 0.6 is 0 Å². The number of rotatable bonds is 2. The molecule has 1 aliphatic rings. The molecule has 1 aromatic rings. The van der Waals surface area contributed by atoms with Crippen molar-refractivity contribution in [3.63, 3.8) is 0 Å². The van der Waals surface area contributed by atoms with Crippen LogP contribution in [0.4, 0.5) is 5.82 Å². The van der Waals surface area contributed by atoms with Crippen LogP contribution in [0.1, 0.15) is 0 Å². The number of aromatic amines is 1. The molecular formula is C6H10N4O. The van der Waals surface area contributed by atoms with Gasteiger partial charge >= 0.3 is 0 Å². The van der Waals surface area contributed by atoms with Gasteiger partial charge in [-0.25, -0.2) is 0 Å². The lowest BCUT2D eigenvalue weighted by molar-refractivity contribution is 0.123. The van der Waals surface area contributed by atoms with E-state index in [0.717, 1.165) is 19.0 Å². The minimum atomic E-state index is -0.0737. The Balaban J connectivity index is 1.90. The summed E-state index contributed by atoms with van der Waals surface area (Å²) in [4.78, 5) is 0. The van der Waals surface area contributed by atoms with Crippen molar-refractivity contribution in [2.75, 3.05) is 18.5 Å². The van der Waals surface area contributed by atoms with E-state index in [0.29, 0.717) is 0 Å². The van der Waals surface area contributed by atoms with Crippen molar-refractivity contribution in [2.45, 2.75) is 6.35 Å². The van der Waals surface area contributed by atoms with Crippen molar-refractivity contribution in [1.29, 1.82) is 0 Å². The maximum atomic E-state index is 5.26. The van der Waals surface area contributed by atoms with Crippen LogP contribution in [0.3, 0.4) is 0 Å². The average Bonchev–Trinajstić information content (AvgIpc) is 2.60. The Labute approximate surface area is 64.1 Å². The van der Waals surface area contributed by atoms with Crippen LogP contribution in [0.5, 0.6) is 0 Å². The van der Waals surface area contributed by atoms with Gasteiger partial charge in [0.25, 0.3) is 0 Å². The lowest BCUT2D eigenvalue weighted by Crippen LogP contribution is -2.31. The fourth-order valence-corrected chi connectivity index (χ4v) is 0.996. The van der Waals surface area contributed by atoms with E-state index in [1.807, 2.05) is 6.07 Å². The first-order chi connectivity index (χ1) is 5.45. The number of hydrogen-bond donors (Lipinski definition) is 3. The van der Waals surface area contributed by atoms with E-state index in [2.05, 4.69) is 20.8 Å². The quantitative estimate of drug-likeness (QED) is 0.548. The molecule has 1 saturated heterocycles. The topological polar surface area (TPSA) is 62.0 Å². The highest BCUT2D eigenvalue weighted by molar-refractivity contribution is 5.32. The molecule has 2 rings (SSSR count). The highest BCUT2D eigenvalue weighted by Gasteiger charge is 2.13. The van der Waals surface area contributed by atoms with E-state index in [9.17, 15) is 0 Å². The smallest absolute Gasteiger partial charge is 0.185 e. The predicted octanol–water partition coefficient (Wildman–Crippen LogP) is -0.275. The fraction of sp³-hybridized carbons (Fsp3) is 0.500. The van der Waals surface area contributed by atoms with Gasteiger partial charge in [0.05, 0.1) is 12.8 Å². The maximum absolute atomic E-state index is 5.26. The van der Waals surface area contributed by atoms with Gasteiger partial charge < -0.3 is 10.1 Å². The van der Waals surface area contributed by atoms with Crippen LogP contribution in [0, 0.1) is 0 Å². The van der Waals surface area contributed by atoms with Gasteiger partial charge in [0.2, 0.25) is 0 Å². The molecule has 60 valence electrons. The predicted molar refractivity (Wildman–Crippen MR) is 40.0 cm³/mol. The SMILES string of the molecule is c1cc(NC2NCCO2)[nH]n1. The van der Waals surface area contributed by atoms with Gasteiger partial charge in [0.1, 0.15) is 5.82 Å². The molecule has 1 atom stereocenters. The summed E-state index contributed by atoms with van der Waals surface area (Å²) >= 11 is 0. The zero-order valence-corrected chi connectivity index (χ0v) is 6.00. The Morgan fingerprint density at radius 3 is 3.36 bits per heavy atom. The van der Waals surface area contributed by atoms with E-state index in [-0.39, 0.29) is 6.35 Å². The molecule has 0 radical (unpaired) electrons. The molecule has 1 aliphatic heterocycles. The molecule has 0 aliphatic carbocycles. The molecule has 0 saturated carbocycles. The zero-order chi connectivity index (χ0) is 7.52. The average molecular weight is 154 g/mol. The highest BCUT2D eigenvalue weighted by atomic mass is 16.5. The molecule has 0 amide bonds. The third-order valence-electron chi connectivity index (χ3n) is 1.50. The van der Waals surface area contributed by atoms with Gasteiger partial charge in [-0.05, 0) is 0 Å². The number of nitrogens with one attached hydrogen (secondary N) is 3. The summed E-state index contributed by atoms with van der Waals surface area (Å²) in [6.07, 6.45) is 1.62. The Morgan fingerprint density at radius 2 is 2.73 bits per heavy atom. The van der Waals surface area contributed by atoms with Gasteiger partial charge in [0.15, 0.2) is 6.35 Å². The lowest BCUT2D eigenvalue weighted by atomic mass is 10.6. The van der Waals surface area contributed by atoms with E-state index >= 15 is 0 Å². The minimum absolute atomic E-state index is 0.0737. The summed E-state index contributed by atoms with van der Waals surface area (Å²) in [6.45, 7) is 1.65. The Morgan fingerprint density at radius 1 is 1.73 bits per heavy atom. The zero-order valence-electron chi connectivity index (χ0n) is 6.00. The molecule has 0 bridgehead atoms. The number of ether oxygens (including phenoxy) is 1. The van der Waals surface area contributed by atoms with Gasteiger partial charge in [-0.2, -0.15) is 5.10 Å². The first kappa shape index (κ1) is 6.63. The molecule has 11 heavy (non-hydrogen) atoms. The van der Waals surface area contributed by atoms with Crippen LogP contribution in [-0.2, 0) is 4.74 Å². The molecule has 3 N–H and O–H groups in total. The normalized spacial score (nSPS) is 23.8. The molecule has 1 unspecified atom stereocenters. The number of H-pyrrole nitrogens is 1. The third-order valence-corrected chi connectivity index (χ3v) is 1.50. The number of hydrogen-bond acceptors (Lipinski definition) is 4. The summed E-state index contributed by atoms with van der Waals surface area (Å²) in [5.74, 6) is 0.865. The van der Waals surface area contributed by atoms with Crippen molar-refractivity contribution in [2.24, 2.45) is 0 Å². The number of nitrogens with zero attached hydrogens (tertiary/aromatic N) is 1. The van der Waals surface area contributed by atoms with E-state index in [1.54, 1.807) is 6.20 Å². The molecule has 0 spiro atoms. The van der Waals surface area contributed by atoms with Crippen molar-refractivity contribution in [1.82, 2.24) is 15.5 Å². The number of aromatic nitrogens is 2. The highest BCUT2D eigenvalue weighted by Crippen LogP contribution is 2.03.